The Bertz CT molecular complexity index is 225. The zero-order valence-electron chi connectivity index (χ0n) is 9.35. The lowest BCUT2D eigenvalue weighted by Crippen LogP contribution is -2.50. The van der Waals surface area contributed by atoms with E-state index in [1.165, 1.54) is 0 Å². The van der Waals surface area contributed by atoms with Gasteiger partial charge in [-0.3, -0.25) is 4.90 Å². The molecule has 15 heavy (non-hydrogen) atoms. The molecule has 1 aliphatic rings. The molecule has 0 amide bonds. The van der Waals surface area contributed by atoms with Gasteiger partial charge in [0.15, 0.2) is 0 Å². The van der Waals surface area contributed by atoms with Gasteiger partial charge in [0.05, 0.1) is 23.8 Å². The average Bonchev–Trinajstić information content (AvgIpc) is 2.16. The number of aliphatic hydroxyl groups is 1. The third-order valence-corrected chi connectivity index (χ3v) is 3.03. The Morgan fingerprint density at radius 1 is 1.67 bits per heavy atom. The van der Waals surface area contributed by atoms with E-state index >= 15 is 0 Å². The average molecular weight is 232 g/mol. The molecular weight excluding hydrogens is 212 g/mol. The van der Waals surface area contributed by atoms with E-state index in [-0.39, 0.29) is 24.7 Å². The highest BCUT2D eigenvalue weighted by Gasteiger charge is 2.25. The molecule has 0 radical (unpaired) electrons. The molecule has 1 heterocycles. The third-order valence-electron chi connectivity index (χ3n) is 2.62. The monoisotopic (exact) mass is 232 g/mol. The lowest BCUT2D eigenvalue weighted by atomic mass is 10.1. The summed E-state index contributed by atoms with van der Waals surface area (Å²) in [6.45, 7) is 6.59. The summed E-state index contributed by atoms with van der Waals surface area (Å²) in [5, 5.41) is 9.07. The van der Waals surface area contributed by atoms with Crippen LogP contribution in [-0.2, 0) is 4.74 Å². The first-order valence-corrected chi connectivity index (χ1v) is 5.71. The van der Waals surface area contributed by atoms with E-state index in [2.05, 4.69) is 4.90 Å². The second-order valence-electron chi connectivity index (χ2n) is 4.27. The van der Waals surface area contributed by atoms with Gasteiger partial charge in [-0.2, -0.15) is 0 Å². The molecule has 0 aromatic rings. The van der Waals surface area contributed by atoms with Gasteiger partial charge >= 0.3 is 0 Å². The van der Waals surface area contributed by atoms with E-state index in [9.17, 15) is 0 Å². The van der Waals surface area contributed by atoms with Crippen molar-refractivity contribution >= 4 is 17.2 Å². The molecule has 3 atom stereocenters. The first kappa shape index (κ1) is 12.8. The van der Waals surface area contributed by atoms with Gasteiger partial charge in [0.1, 0.15) is 0 Å². The predicted molar refractivity (Wildman–Crippen MR) is 63.8 cm³/mol. The molecule has 1 aliphatic heterocycles. The van der Waals surface area contributed by atoms with Gasteiger partial charge in [-0.15, -0.1) is 0 Å². The van der Waals surface area contributed by atoms with Crippen LogP contribution < -0.4 is 5.73 Å². The predicted octanol–water partition coefficient (Wildman–Crippen LogP) is -0.00980. The highest BCUT2D eigenvalue weighted by Crippen LogP contribution is 2.12. The molecule has 0 spiro atoms. The van der Waals surface area contributed by atoms with Crippen molar-refractivity contribution in [3.63, 3.8) is 0 Å². The molecule has 88 valence electrons. The highest BCUT2D eigenvalue weighted by molar-refractivity contribution is 7.80. The SMILES string of the molecule is CC1CN(CC(C)C(N)=S)CC(CO)O1. The van der Waals surface area contributed by atoms with Crippen LogP contribution in [0.25, 0.3) is 0 Å². The Labute approximate surface area is 96.4 Å². The van der Waals surface area contributed by atoms with E-state index in [0.29, 0.717) is 4.99 Å². The van der Waals surface area contributed by atoms with Crippen molar-refractivity contribution in [2.45, 2.75) is 26.1 Å². The van der Waals surface area contributed by atoms with Crippen molar-refractivity contribution < 1.29 is 9.84 Å². The molecule has 0 aromatic carbocycles. The minimum absolute atomic E-state index is 0.0717. The van der Waals surface area contributed by atoms with Crippen molar-refractivity contribution in [1.29, 1.82) is 0 Å². The van der Waals surface area contributed by atoms with Crippen LogP contribution in [0.3, 0.4) is 0 Å². The maximum atomic E-state index is 9.07. The maximum Gasteiger partial charge on any atom is 0.0936 e. The quantitative estimate of drug-likeness (QED) is 0.668. The summed E-state index contributed by atoms with van der Waals surface area (Å²) < 4.78 is 5.55. The molecule has 0 saturated carbocycles. The number of thiocarbonyl (C=S) groups is 1. The Kier molecular flexibility index (Phi) is 4.92. The summed E-state index contributed by atoms with van der Waals surface area (Å²) in [6.07, 6.45) is 0.0849. The molecule has 4 nitrogen and oxygen atoms in total. The Morgan fingerprint density at radius 3 is 2.87 bits per heavy atom. The van der Waals surface area contributed by atoms with Crippen LogP contribution >= 0.6 is 12.2 Å². The zero-order valence-corrected chi connectivity index (χ0v) is 10.2. The molecule has 1 rings (SSSR count). The number of aliphatic hydroxyl groups excluding tert-OH is 1. The van der Waals surface area contributed by atoms with E-state index in [0.717, 1.165) is 19.6 Å². The normalized spacial score (nSPS) is 30.1. The first-order valence-electron chi connectivity index (χ1n) is 5.31. The van der Waals surface area contributed by atoms with E-state index < -0.39 is 0 Å². The van der Waals surface area contributed by atoms with Gasteiger partial charge in [-0.25, -0.2) is 0 Å². The Morgan fingerprint density at radius 2 is 2.33 bits per heavy atom. The summed E-state index contributed by atoms with van der Waals surface area (Å²) in [4.78, 5) is 2.80. The highest BCUT2D eigenvalue weighted by atomic mass is 32.1. The van der Waals surface area contributed by atoms with Crippen molar-refractivity contribution in [1.82, 2.24) is 4.90 Å². The van der Waals surface area contributed by atoms with E-state index in [4.69, 9.17) is 27.8 Å². The fourth-order valence-corrected chi connectivity index (χ4v) is 1.94. The number of rotatable bonds is 4. The lowest BCUT2D eigenvalue weighted by Gasteiger charge is -2.37. The molecule has 0 aliphatic carbocycles. The summed E-state index contributed by atoms with van der Waals surface area (Å²) >= 11 is 4.94. The minimum atomic E-state index is -0.0766. The van der Waals surface area contributed by atoms with Crippen LogP contribution in [0.2, 0.25) is 0 Å². The number of hydrogen-bond donors (Lipinski definition) is 2. The molecule has 0 bridgehead atoms. The topological polar surface area (TPSA) is 58.7 Å². The number of ether oxygens (including phenoxy) is 1. The lowest BCUT2D eigenvalue weighted by molar-refractivity contribution is -0.0961. The first-order chi connectivity index (χ1) is 7.02. The molecule has 3 N–H and O–H groups in total. The fourth-order valence-electron chi connectivity index (χ4n) is 1.87. The molecule has 3 unspecified atom stereocenters. The van der Waals surface area contributed by atoms with E-state index in [1.54, 1.807) is 0 Å². The third kappa shape index (κ3) is 4.03. The second kappa shape index (κ2) is 5.75. The van der Waals surface area contributed by atoms with Crippen molar-refractivity contribution in [2.24, 2.45) is 11.7 Å². The minimum Gasteiger partial charge on any atom is -0.394 e. The van der Waals surface area contributed by atoms with Crippen molar-refractivity contribution in [3.8, 4) is 0 Å². The van der Waals surface area contributed by atoms with Gasteiger partial charge in [0, 0.05) is 25.6 Å². The van der Waals surface area contributed by atoms with E-state index in [1.807, 2.05) is 13.8 Å². The summed E-state index contributed by atoms with van der Waals surface area (Å²) in [5.41, 5.74) is 5.58. The van der Waals surface area contributed by atoms with Crippen molar-refractivity contribution in [2.75, 3.05) is 26.2 Å². The molecular formula is C10H20N2O2S. The van der Waals surface area contributed by atoms with Gasteiger partial charge in [0.2, 0.25) is 0 Å². The number of hydrogen-bond acceptors (Lipinski definition) is 4. The Balaban J connectivity index is 2.44. The van der Waals surface area contributed by atoms with Crippen LogP contribution in [0.5, 0.6) is 0 Å². The molecule has 1 fully saturated rings. The summed E-state index contributed by atoms with van der Waals surface area (Å²) in [7, 11) is 0. The molecule has 1 saturated heterocycles. The van der Waals surface area contributed by atoms with Gasteiger partial charge in [-0.05, 0) is 6.92 Å². The molecule has 5 heteroatoms. The standard InChI is InChI=1S/C10H20N2O2S/c1-7(10(11)15)3-12-4-8(2)14-9(5-12)6-13/h7-9,13H,3-6H2,1-2H3,(H2,11,15). The fraction of sp³-hybridized carbons (Fsp3) is 0.900. The number of nitrogens with zero attached hydrogens (tertiary/aromatic N) is 1. The second-order valence-corrected chi connectivity index (χ2v) is 4.74. The largest absolute Gasteiger partial charge is 0.394 e. The van der Waals surface area contributed by atoms with Crippen LogP contribution in [0.15, 0.2) is 0 Å². The molecule has 0 aromatic heterocycles. The Hall–Kier alpha value is -0.230. The van der Waals surface area contributed by atoms with Gasteiger partial charge in [0.25, 0.3) is 0 Å². The number of morpholine rings is 1. The van der Waals surface area contributed by atoms with Crippen LogP contribution in [0, 0.1) is 5.92 Å². The zero-order chi connectivity index (χ0) is 11.4. The van der Waals surface area contributed by atoms with Gasteiger partial charge in [-0.1, -0.05) is 19.1 Å². The van der Waals surface area contributed by atoms with Gasteiger partial charge < -0.3 is 15.6 Å². The maximum absolute atomic E-state index is 9.07. The summed E-state index contributed by atoms with van der Waals surface area (Å²) in [6, 6.07) is 0. The van der Waals surface area contributed by atoms with Crippen LogP contribution in [0.1, 0.15) is 13.8 Å². The van der Waals surface area contributed by atoms with Crippen molar-refractivity contribution in [3.05, 3.63) is 0 Å². The smallest absolute Gasteiger partial charge is 0.0936 e. The number of nitrogens with two attached hydrogens (primary N) is 1. The summed E-state index contributed by atoms with van der Waals surface area (Å²) in [5.74, 6) is 0.213. The van der Waals surface area contributed by atoms with Crippen LogP contribution in [-0.4, -0.2) is 53.4 Å². The van der Waals surface area contributed by atoms with Crippen LogP contribution in [0.4, 0.5) is 0 Å².